The molecule has 0 aliphatic heterocycles. The number of nitrogens with zero attached hydrogens (tertiary/aromatic N) is 4. The number of alkyl halides is 1. The normalized spacial score (nSPS) is 13.1. The highest BCUT2D eigenvalue weighted by Crippen LogP contribution is 2.27. The Balaban J connectivity index is 2.33. The number of aromatic nitrogens is 5. The van der Waals surface area contributed by atoms with Crippen LogP contribution in [0.2, 0.25) is 0 Å². The van der Waals surface area contributed by atoms with Gasteiger partial charge in [0.25, 0.3) is 0 Å². The van der Waals surface area contributed by atoms with E-state index in [1.54, 1.807) is 6.20 Å². The van der Waals surface area contributed by atoms with Crippen LogP contribution in [0.15, 0.2) is 6.20 Å². The third-order valence-electron chi connectivity index (χ3n) is 1.42. The molecule has 1 atom stereocenters. The van der Waals surface area contributed by atoms with Crippen LogP contribution in [0.1, 0.15) is 17.3 Å². The van der Waals surface area contributed by atoms with E-state index in [-0.39, 0.29) is 5.38 Å². The quantitative estimate of drug-likeness (QED) is 0.774. The molecular weight excluding hydrogens is 210 g/mol. The van der Waals surface area contributed by atoms with Crippen molar-refractivity contribution in [2.45, 2.75) is 12.3 Å². The van der Waals surface area contributed by atoms with E-state index in [1.807, 2.05) is 6.92 Å². The second-order valence-electron chi connectivity index (χ2n) is 2.42. The molecule has 68 valence electrons. The van der Waals surface area contributed by atoms with Crippen LogP contribution < -0.4 is 0 Å². The molecule has 0 saturated carbocycles. The van der Waals surface area contributed by atoms with E-state index in [1.165, 1.54) is 11.3 Å². The maximum Gasteiger partial charge on any atom is 0.169 e. The molecule has 0 amide bonds. The molecule has 0 saturated heterocycles. The van der Waals surface area contributed by atoms with Crippen molar-refractivity contribution in [3.8, 4) is 10.7 Å². The van der Waals surface area contributed by atoms with Crippen molar-refractivity contribution >= 4 is 22.9 Å². The number of halogens is 1. The molecule has 2 rings (SSSR count). The fraction of sp³-hybridized carbons (Fsp3) is 0.333. The molecule has 0 aromatic carbocycles. The Labute approximate surface area is 83.2 Å². The second-order valence-corrected chi connectivity index (χ2v) is 4.08. The topological polar surface area (TPSA) is 67.3 Å². The lowest BCUT2D eigenvalue weighted by atomic mass is 10.5. The van der Waals surface area contributed by atoms with Crippen molar-refractivity contribution in [3.05, 3.63) is 11.2 Å². The fourth-order valence-corrected chi connectivity index (χ4v) is 1.71. The summed E-state index contributed by atoms with van der Waals surface area (Å²) in [5.41, 5.74) is 0.695. The Morgan fingerprint density at radius 3 is 2.92 bits per heavy atom. The Hall–Kier alpha value is -1.01. The van der Waals surface area contributed by atoms with Gasteiger partial charge in [-0.1, -0.05) is 11.3 Å². The number of rotatable bonds is 2. The van der Waals surface area contributed by atoms with Crippen molar-refractivity contribution in [2.24, 2.45) is 0 Å². The molecule has 2 aromatic heterocycles. The van der Waals surface area contributed by atoms with Gasteiger partial charge in [-0.15, -0.1) is 21.8 Å². The molecule has 0 aliphatic carbocycles. The average molecular weight is 216 g/mol. The molecule has 2 aromatic rings. The van der Waals surface area contributed by atoms with Crippen LogP contribution in [0.3, 0.4) is 0 Å². The first-order chi connectivity index (χ1) is 6.27. The molecule has 2 heterocycles. The highest BCUT2D eigenvalue weighted by molar-refractivity contribution is 7.14. The first kappa shape index (κ1) is 8.58. The fourth-order valence-electron chi connectivity index (χ4n) is 0.803. The second kappa shape index (κ2) is 3.39. The van der Waals surface area contributed by atoms with Crippen LogP contribution in [0.25, 0.3) is 10.7 Å². The number of aromatic amines is 1. The van der Waals surface area contributed by atoms with Crippen LogP contribution in [0, 0.1) is 0 Å². The van der Waals surface area contributed by atoms with E-state index in [2.05, 4.69) is 25.6 Å². The summed E-state index contributed by atoms with van der Waals surface area (Å²) in [7, 11) is 0. The van der Waals surface area contributed by atoms with Gasteiger partial charge in [0.15, 0.2) is 5.01 Å². The smallest absolute Gasteiger partial charge is 0.169 e. The zero-order valence-corrected chi connectivity index (χ0v) is 8.30. The summed E-state index contributed by atoms with van der Waals surface area (Å²) in [6, 6.07) is 0. The van der Waals surface area contributed by atoms with Gasteiger partial charge in [0, 0.05) is 0 Å². The monoisotopic (exact) mass is 215 g/mol. The number of H-pyrrole nitrogens is 1. The van der Waals surface area contributed by atoms with Crippen molar-refractivity contribution in [1.82, 2.24) is 25.6 Å². The largest absolute Gasteiger partial charge is 0.197 e. The van der Waals surface area contributed by atoms with Crippen LogP contribution >= 0.6 is 22.9 Å². The van der Waals surface area contributed by atoms with E-state index in [4.69, 9.17) is 11.6 Å². The molecule has 13 heavy (non-hydrogen) atoms. The van der Waals surface area contributed by atoms with E-state index >= 15 is 0 Å². The Morgan fingerprint density at radius 2 is 2.38 bits per heavy atom. The minimum absolute atomic E-state index is 0.113. The minimum Gasteiger partial charge on any atom is -0.197 e. The minimum atomic E-state index is -0.113. The number of hydrogen-bond acceptors (Lipinski definition) is 5. The first-order valence-corrected chi connectivity index (χ1v) is 4.86. The van der Waals surface area contributed by atoms with Crippen molar-refractivity contribution in [2.75, 3.05) is 0 Å². The van der Waals surface area contributed by atoms with Gasteiger partial charge < -0.3 is 0 Å². The highest BCUT2D eigenvalue weighted by atomic mass is 35.5. The summed E-state index contributed by atoms with van der Waals surface area (Å²) in [5.74, 6) is 0. The molecule has 1 unspecified atom stereocenters. The summed E-state index contributed by atoms with van der Waals surface area (Å²) in [6.07, 6.45) is 1.60. The molecular formula is C6H6ClN5S. The lowest BCUT2D eigenvalue weighted by Crippen LogP contribution is -1.80. The molecule has 0 fully saturated rings. The maximum atomic E-state index is 5.84. The van der Waals surface area contributed by atoms with Gasteiger partial charge in [0.1, 0.15) is 10.7 Å². The molecule has 0 radical (unpaired) electrons. The van der Waals surface area contributed by atoms with Crippen LogP contribution in [-0.4, -0.2) is 25.6 Å². The Morgan fingerprint density at radius 1 is 1.54 bits per heavy atom. The molecule has 7 heteroatoms. The Kier molecular flexibility index (Phi) is 2.24. The molecule has 5 nitrogen and oxygen atoms in total. The van der Waals surface area contributed by atoms with E-state index < -0.39 is 0 Å². The van der Waals surface area contributed by atoms with Crippen LogP contribution in [-0.2, 0) is 0 Å². The SMILES string of the molecule is CC(Cl)c1nnc(-c2cn[nH]n2)s1. The zero-order chi connectivity index (χ0) is 9.26. The summed E-state index contributed by atoms with van der Waals surface area (Å²) in [4.78, 5) is 0. The van der Waals surface area contributed by atoms with Crippen LogP contribution in [0.4, 0.5) is 0 Å². The summed E-state index contributed by atoms with van der Waals surface area (Å²) in [5, 5.41) is 19.4. The van der Waals surface area contributed by atoms with Crippen molar-refractivity contribution in [3.63, 3.8) is 0 Å². The lowest BCUT2D eigenvalue weighted by Gasteiger charge is -1.90. The van der Waals surface area contributed by atoms with Gasteiger partial charge in [0.2, 0.25) is 0 Å². The van der Waals surface area contributed by atoms with Gasteiger partial charge in [-0.05, 0) is 6.92 Å². The third-order valence-corrected chi connectivity index (χ3v) is 2.88. The van der Waals surface area contributed by atoms with Crippen molar-refractivity contribution in [1.29, 1.82) is 0 Å². The maximum absolute atomic E-state index is 5.84. The van der Waals surface area contributed by atoms with Gasteiger partial charge in [0.05, 0.1) is 11.6 Å². The predicted molar refractivity (Wildman–Crippen MR) is 49.6 cm³/mol. The molecule has 1 N–H and O–H groups in total. The van der Waals surface area contributed by atoms with E-state index in [0.29, 0.717) is 5.69 Å². The van der Waals surface area contributed by atoms with Crippen molar-refractivity contribution < 1.29 is 0 Å². The average Bonchev–Trinajstić information content (AvgIpc) is 2.75. The molecule has 0 aliphatic rings. The van der Waals surface area contributed by atoms with Gasteiger partial charge in [-0.3, -0.25) is 0 Å². The third kappa shape index (κ3) is 1.68. The lowest BCUT2D eigenvalue weighted by molar-refractivity contribution is 0.936. The standard InChI is InChI=1S/C6H6ClN5S/c1-3(7)5-10-11-6(13-5)4-2-8-12-9-4/h2-3H,1H3,(H,8,9,12). The van der Waals surface area contributed by atoms with Gasteiger partial charge in [-0.2, -0.15) is 15.4 Å². The number of nitrogens with one attached hydrogen (secondary N) is 1. The summed E-state index contributed by atoms with van der Waals surface area (Å²) >= 11 is 7.26. The Bertz CT molecular complexity index is 381. The van der Waals surface area contributed by atoms with Crippen LogP contribution in [0.5, 0.6) is 0 Å². The van der Waals surface area contributed by atoms with Gasteiger partial charge in [-0.25, -0.2) is 0 Å². The highest BCUT2D eigenvalue weighted by Gasteiger charge is 2.11. The zero-order valence-electron chi connectivity index (χ0n) is 6.73. The van der Waals surface area contributed by atoms with E-state index in [0.717, 1.165) is 10.0 Å². The van der Waals surface area contributed by atoms with Gasteiger partial charge >= 0.3 is 0 Å². The number of hydrogen-bond donors (Lipinski definition) is 1. The molecule has 0 spiro atoms. The van der Waals surface area contributed by atoms with E-state index in [9.17, 15) is 0 Å². The summed E-state index contributed by atoms with van der Waals surface area (Å²) in [6.45, 7) is 1.86. The molecule has 0 bridgehead atoms. The summed E-state index contributed by atoms with van der Waals surface area (Å²) < 4.78 is 0. The first-order valence-electron chi connectivity index (χ1n) is 3.61. The predicted octanol–water partition coefficient (Wildman–Crippen LogP) is 1.62.